The molecule has 0 fully saturated rings. The van der Waals surface area contributed by atoms with Gasteiger partial charge >= 0.3 is 0 Å². The summed E-state index contributed by atoms with van der Waals surface area (Å²) in [5.74, 6) is -0.192. The van der Waals surface area contributed by atoms with Crippen LogP contribution in [0.3, 0.4) is 0 Å². The van der Waals surface area contributed by atoms with E-state index in [9.17, 15) is 4.79 Å². The fourth-order valence-electron chi connectivity index (χ4n) is 2.61. The molecule has 0 aliphatic carbocycles. The van der Waals surface area contributed by atoms with E-state index in [4.69, 9.17) is 0 Å². The summed E-state index contributed by atoms with van der Waals surface area (Å²) in [5, 5.41) is 11.8. The maximum atomic E-state index is 12.7. The smallest absolute Gasteiger partial charge is 0.280 e. The third-order valence-electron chi connectivity index (χ3n) is 3.81. The van der Waals surface area contributed by atoms with Crippen LogP contribution in [0, 0.1) is 0 Å². The van der Waals surface area contributed by atoms with E-state index in [0.29, 0.717) is 11.6 Å². The second-order valence-corrected chi connectivity index (χ2v) is 6.54. The Kier molecular flexibility index (Phi) is 4.22. The molecule has 0 aliphatic heterocycles. The van der Waals surface area contributed by atoms with Gasteiger partial charge in [0.25, 0.3) is 5.91 Å². The zero-order valence-electron chi connectivity index (χ0n) is 13.2. The summed E-state index contributed by atoms with van der Waals surface area (Å²) in [5.41, 5.74) is 1.83. The Hall–Kier alpha value is -3.06. The molecule has 2 aromatic heterocycles. The van der Waals surface area contributed by atoms with Gasteiger partial charge in [-0.1, -0.05) is 42.5 Å². The van der Waals surface area contributed by atoms with E-state index in [1.807, 2.05) is 54.6 Å². The van der Waals surface area contributed by atoms with Gasteiger partial charge in [-0.3, -0.25) is 4.79 Å². The number of nitrogens with zero attached hydrogens (tertiary/aromatic N) is 4. The second kappa shape index (κ2) is 6.82. The molecule has 0 aliphatic rings. The highest BCUT2D eigenvalue weighted by Crippen LogP contribution is 2.22. The summed E-state index contributed by atoms with van der Waals surface area (Å²) >= 11 is 1.39. The fraction of sp³-hybridized carbons (Fsp3) is 0.111. The number of fused-ring (bicyclic) bond motifs is 1. The third kappa shape index (κ3) is 3.41. The molecule has 2 heterocycles. The molecule has 7 heteroatoms. The first kappa shape index (κ1) is 15.5. The molecule has 6 nitrogen and oxygen atoms in total. The molecule has 0 saturated carbocycles. The number of hydrogen-bond donors (Lipinski definition) is 1. The molecule has 124 valence electrons. The van der Waals surface area contributed by atoms with Gasteiger partial charge in [-0.05, 0) is 17.7 Å². The summed E-state index contributed by atoms with van der Waals surface area (Å²) in [6.07, 6.45) is 3.24. The van der Waals surface area contributed by atoms with Crippen molar-refractivity contribution in [2.75, 3.05) is 0 Å². The van der Waals surface area contributed by atoms with Crippen molar-refractivity contribution in [2.24, 2.45) is 0 Å². The van der Waals surface area contributed by atoms with Gasteiger partial charge in [-0.15, -0.1) is 11.3 Å². The van der Waals surface area contributed by atoms with Crippen molar-refractivity contribution in [3.8, 4) is 0 Å². The summed E-state index contributed by atoms with van der Waals surface area (Å²) in [7, 11) is 0. The minimum absolute atomic E-state index is 0.192. The van der Waals surface area contributed by atoms with Crippen LogP contribution in [0.5, 0.6) is 0 Å². The van der Waals surface area contributed by atoms with Crippen molar-refractivity contribution in [3.63, 3.8) is 0 Å². The first-order valence-corrected chi connectivity index (χ1v) is 8.67. The minimum atomic E-state index is -0.242. The van der Waals surface area contributed by atoms with Crippen LogP contribution in [-0.4, -0.2) is 25.9 Å². The van der Waals surface area contributed by atoms with Gasteiger partial charge < -0.3 is 5.32 Å². The molecule has 0 bridgehead atoms. The molecule has 1 amide bonds. The number of hydrogen-bond acceptors (Lipinski definition) is 5. The van der Waals surface area contributed by atoms with Crippen molar-refractivity contribution >= 4 is 27.5 Å². The van der Waals surface area contributed by atoms with E-state index in [-0.39, 0.29) is 11.9 Å². The van der Waals surface area contributed by atoms with Gasteiger partial charge in [0.1, 0.15) is 0 Å². The number of carbonyl (C=O) groups excluding carboxylic acids is 1. The Morgan fingerprint density at radius 2 is 1.76 bits per heavy atom. The highest BCUT2D eigenvalue weighted by Gasteiger charge is 2.19. The SMILES string of the molecule is O=C(N[C@@H](Cn1nccn1)c1ccccc1)c1nc2ccccc2s1. The van der Waals surface area contributed by atoms with Crippen LogP contribution in [0.2, 0.25) is 0 Å². The first-order valence-electron chi connectivity index (χ1n) is 7.85. The summed E-state index contributed by atoms with van der Waals surface area (Å²) in [6.45, 7) is 0.452. The summed E-state index contributed by atoms with van der Waals surface area (Å²) < 4.78 is 0.998. The van der Waals surface area contributed by atoms with Crippen LogP contribution < -0.4 is 5.32 Å². The lowest BCUT2D eigenvalue weighted by molar-refractivity contribution is 0.0930. The predicted octanol–water partition coefficient (Wildman–Crippen LogP) is 3.06. The van der Waals surface area contributed by atoms with Crippen LogP contribution in [0.15, 0.2) is 67.0 Å². The lowest BCUT2D eigenvalue weighted by atomic mass is 10.1. The first-order chi connectivity index (χ1) is 12.3. The van der Waals surface area contributed by atoms with Crippen LogP contribution in [0.1, 0.15) is 21.4 Å². The van der Waals surface area contributed by atoms with E-state index >= 15 is 0 Å². The quantitative estimate of drug-likeness (QED) is 0.601. The molecule has 0 saturated heterocycles. The molecule has 0 spiro atoms. The molecular formula is C18H15N5OS. The zero-order valence-corrected chi connectivity index (χ0v) is 14.1. The zero-order chi connectivity index (χ0) is 17.1. The van der Waals surface area contributed by atoms with Crippen molar-refractivity contribution in [1.29, 1.82) is 0 Å². The lowest BCUT2D eigenvalue weighted by Gasteiger charge is -2.18. The third-order valence-corrected chi connectivity index (χ3v) is 4.84. The topological polar surface area (TPSA) is 72.7 Å². The van der Waals surface area contributed by atoms with Crippen LogP contribution >= 0.6 is 11.3 Å². The average Bonchev–Trinajstić information content (AvgIpc) is 3.31. The maximum absolute atomic E-state index is 12.7. The van der Waals surface area contributed by atoms with Crippen LogP contribution in [0.4, 0.5) is 0 Å². The lowest BCUT2D eigenvalue weighted by Crippen LogP contribution is -2.32. The van der Waals surface area contributed by atoms with E-state index in [1.54, 1.807) is 17.2 Å². The molecule has 2 aromatic carbocycles. The minimum Gasteiger partial charge on any atom is -0.341 e. The number of aromatic nitrogens is 4. The molecule has 4 aromatic rings. The molecule has 0 radical (unpaired) electrons. The number of para-hydroxylation sites is 1. The fourth-order valence-corrected chi connectivity index (χ4v) is 3.48. The van der Waals surface area contributed by atoms with Crippen molar-refractivity contribution in [2.45, 2.75) is 12.6 Å². The van der Waals surface area contributed by atoms with Gasteiger partial charge in [-0.2, -0.15) is 15.0 Å². The maximum Gasteiger partial charge on any atom is 0.280 e. The molecule has 1 atom stereocenters. The Labute approximate surface area is 148 Å². The van der Waals surface area contributed by atoms with Crippen LogP contribution in [-0.2, 0) is 6.54 Å². The Bertz CT molecular complexity index is 948. The second-order valence-electron chi connectivity index (χ2n) is 5.51. The van der Waals surface area contributed by atoms with E-state index in [0.717, 1.165) is 15.8 Å². The Morgan fingerprint density at radius 1 is 1.04 bits per heavy atom. The van der Waals surface area contributed by atoms with Crippen molar-refractivity contribution in [1.82, 2.24) is 25.3 Å². The summed E-state index contributed by atoms with van der Waals surface area (Å²) in [4.78, 5) is 18.7. The van der Waals surface area contributed by atoms with Gasteiger partial charge in [0, 0.05) is 0 Å². The highest BCUT2D eigenvalue weighted by molar-refractivity contribution is 7.20. The number of nitrogens with one attached hydrogen (secondary N) is 1. The largest absolute Gasteiger partial charge is 0.341 e. The van der Waals surface area contributed by atoms with E-state index in [2.05, 4.69) is 20.5 Å². The molecule has 1 N–H and O–H groups in total. The van der Waals surface area contributed by atoms with Gasteiger partial charge in [0.05, 0.1) is 35.2 Å². The Morgan fingerprint density at radius 3 is 2.52 bits per heavy atom. The van der Waals surface area contributed by atoms with Crippen molar-refractivity contribution in [3.05, 3.63) is 77.6 Å². The summed E-state index contributed by atoms with van der Waals surface area (Å²) in [6, 6.07) is 17.3. The monoisotopic (exact) mass is 349 g/mol. The number of carbonyl (C=O) groups is 1. The van der Waals surface area contributed by atoms with Gasteiger partial charge in [0.2, 0.25) is 0 Å². The van der Waals surface area contributed by atoms with E-state index < -0.39 is 0 Å². The number of amides is 1. The number of thiazole rings is 1. The highest BCUT2D eigenvalue weighted by atomic mass is 32.1. The molecular weight excluding hydrogens is 334 g/mol. The molecule has 25 heavy (non-hydrogen) atoms. The predicted molar refractivity (Wildman–Crippen MR) is 96.3 cm³/mol. The van der Waals surface area contributed by atoms with E-state index in [1.165, 1.54) is 11.3 Å². The standard InChI is InChI=1S/C18H15N5OS/c24-17(18-22-14-8-4-5-9-16(14)25-18)21-15(12-23-19-10-11-20-23)13-6-2-1-3-7-13/h1-11,15H,12H2,(H,21,24)/t15-/m0/s1. The Balaban J connectivity index is 1.60. The average molecular weight is 349 g/mol. The normalized spacial score (nSPS) is 12.2. The molecule has 4 rings (SSSR count). The number of rotatable bonds is 5. The van der Waals surface area contributed by atoms with Gasteiger partial charge in [0.15, 0.2) is 5.01 Å². The molecule has 0 unspecified atom stereocenters. The van der Waals surface area contributed by atoms with Crippen LogP contribution in [0.25, 0.3) is 10.2 Å². The number of benzene rings is 2. The van der Waals surface area contributed by atoms with Crippen molar-refractivity contribution < 1.29 is 4.79 Å². The van der Waals surface area contributed by atoms with Gasteiger partial charge in [-0.25, -0.2) is 4.98 Å².